The van der Waals surface area contributed by atoms with Gasteiger partial charge in [0, 0.05) is 12.1 Å². The molecule has 0 aromatic heterocycles. The van der Waals surface area contributed by atoms with Gasteiger partial charge in [0.1, 0.15) is 0 Å². The largest absolute Gasteiger partial charge is 0.317 e. The van der Waals surface area contributed by atoms with Gasteiger partial charge in [-0.25, -0.2) is 0 Å². The Balaban J connectivity index is 1.96. The summed E-state index contributed by atoms with van der Waals surface area (Å²) in [4.78, 5) is 2.64. The second-order valence-electron chi connectivity index (χ2n) is 4.55. The summed E-state index contributed by atoms with van der Waals surface area (Å²) >= 11 is 0. The Bertz CT molecular complexity index is 143. The molecule has 0 bridgehead atoms. The number of nitrogens with zero attached hydrogens (tertiary/aromatic N) is 1. The van der Waals surface area contributed by atoms with Crippen molar-refractivity contribution < 1.29 is 0 Å². The molecule has 1 atom stereocenters. The minimum atomic E-state index is 0.686. The topological polar surface area (TPSA) is 15.3 Å². The van der Waals surface area contributed by atoms with Crippen LogP contribution in [0.15, 0.2) is 0 Å². The molecule has 0 spiro atoms. The molecule has 0 heterocycles. The molecule has 1 aliphatic carbocycles. The third-order valence-corrected chi connectivity index (χ3v) is 3.29. The van der Waals surface area contributed by atoms with Crippen LogP contribution in [0.2, 0.25) is 0 Å². The van der Waals surface area contributed by atoms with Gasteiger partial charge in [-0.1, -0.05) is 13.3 Å². The summed E-state index contributed by atoms with van der Waals surface area (Å²) in [6.45, 7) is 7.11. The Morgan fingerprint density at radius 2 is 2.07 bits per heavy atom. The van der Waals surface area contributed by atoms with E-state index in [4.69, 9.17) is 0 Å². The summed E-state index contributed by atoms with van der Waals surface area (Å²) in [6, 6.07) is 1.63. The van der Waals surface area contributed by atoms with E-state index in [2.05, 4.69) is 24.1 Å². The molecule has 0 radical (unpaired) electrons. The van der Waals surface area contributed by atoms with Crippen LogP contribution in [-0.4, -0.2) is 37.1 Å². The number of nitrogens with one attached hydrogen (secondary N) is 1. The van der Waals surface area contributed by atoms with Crippen LogP contribution in [0, 0.1) is 0 Å². The first-order valence-electron chi connectivity index (χ1n) is 6.19. The molecular formula is C12H26N2. The fourth-order valence-electron chi connectivity index (χ4n) is 1.95. The lowest BCUT2D eigenvalue weighted by Crippen LogP contribution is -2.27. The summed E-state index contributed by atoms with van der Waals surface area (Å²) in [5, 5.41) is 3.29. The van der Waals surface area contributed by atoms with Crippen molar-refractivity contribution in [1.29, 1.82) is 0 Å². The Morgan fingerprint density at radius 3 is 2.57 bits per heavy atom. The normalized spacial score (nSPS) is 18.9. The second-order valence-corrected chi connectivity index (χ2v) is 4.55. The summed E-state index contributed by atoms with van der Waals surface area (Å²) in [5.74, 6) is 0. The van der Waals surface area contributed by atoms with Crippen LogP contribution in [0.5, 0.6) is 0 Å². The van der Waals surface area contributed by atoms with Gasteiger partial charge in [0.05, 0.1) is 0 Å². The monoisotopic (exact) mass is 198 g/mol. The van der Waals surface area contributed by atoms with Crippen molar-refractivity contribution in [3.05, 3.63) is 0 Å². The fourth-order valence-corrected chi connectivity index (χ4v) is 1.95. The Morgan fingerprint density at radius 1 is 1.36 bits per heavy atom. The molecule has 1 unspecified atom stereocenters. The van der Waals surface area contributed by atoms with E-state index in [-0.39, 0.29) is 0 Å². The lowest BCUT2D eigenvalue weighted by molar-refractivity contribution is 0.269. The Labute approximate surface area is 89.1 Å². The highest BCUT2D eigenvalue weighted by atomic mass is 15.2. The maximum atomic E-state index is 3.29. The van der Waals surface area contributed by atoms with Gasteiger partial charge in [-0.3, -0.25) is 0 Å². The molecule has 1 saturated carbocycles. The zero-order valence-electron chi connectivity index (χ0n) is 10.1. The van der Waals surface area contributed by atoms with Crippen LogP contribution in [-0.2, 0) is 0 Å². The predicted molar refractivity (Wildman–Crippen MR) is 62.6 cm³/mol. The minimum absolute atomic E-state index is 0.686. The van der Waals surface area contributed by atoms with Crippen LogP contribution in [0.4, 0.5) is 0 Å². The molecule has 0 aromatic rings. The molecule has 1 N–H and O–H groups in total. The molecule has 14 heavy (non-hydrogen) atoms. The van der Waals surface area contributed by atoms with Gasteiger partial charge in [0.25, 0.3) is 0 Å². The molecule has 0 aromatic carbocycles. The minimum Gasteiger partial charge on any atom is -0.317 e. The smallest absolute Gasteiger partial charge is 0.00963 e. The average molecular weight is 198 g/mol. The molecular weight excluding hydrogens is 172 g/mol. The zero-order valence-corrected chi connectivity index (χ0v) is 10.1. The maximum absolute atomic E-state index is 3.29. The van der Waals surface area contributed by atoms with E-state index in [1.54, 1.807) is 0 Å². The van der Waals surface area contributed by atoms with Crippen LogP contribution in [0.25, 0.3) is 0 Å². The van der Waals surface area contributed by atoms with E-state index in [1.807, 2.05) is 7.05 Å². The lowest BCUT2D eigenvalue weighted by atomic mass is 10.1. The predicted octanol–water partition coefficient (Wildman–Crippen LogP) is 2.25. The third kappa shape index (κ3) is 4.43. The molecule has 1 fully saturated rings. The van der Waals surface area contributed by atoms with Crippen molar-refractivity contribution in [2.45, 2.75) is 58.0 Å². The van der Waals surface area contributed by atoms with E-state index in [1.165, 1.54) is 45.2 Å². The highest BCUT2D eigenvalue weighted by Crippen LogP contribution is 2.26. The number of hydrogen-bond donors (Lipinski definition) is 1. The summed E-state index contributed by atoms with van der Waals surface area (Å²) in [7, 11) is 2.05. The van der Waals surface area contributed by atoms with Crippen LogP contribution in [0.3, 0.4) is 0 Å². The lowest BCUT2D eigenvalue weighted by Gasteiger charge is -2.19. The number of rotatable bonds is 8. The van der Waals surface area contributed by atoms with Gasteiger partial charge in [0.15, 0.2) is 0 Å². The van der Waals surface area contributed by atoms with Gasteiger partial charge in [-0.15, -0.1) is 0 Å². The Hall–Kier alpha value is -0.0800. The van der Waals surface area contributed by atoms with Gasteiger partial charge >= 0.3 is 0 Å². The van der Waals surface area contributed by atoms with E-state index in [9.17, 15) is 0 Å². The summed E-state index contributed by atoms with van der Waals surface area (Å²) in [5.41, 5.74) is 0. The number of unbranched alkanes of at least 4 members (excludes halogenated alkanes) is 1. The summed E-state index contributed by atoms with van der Waals surface area (Å²) < 4.78 is 0. The molecule has 1 aliphatic rings. The molecule has 0 saturated heterocycles. The van der Waals surface area contributed by atoms with E-state index >= 15 is 0 Å². The molecule has 2 heteroatoms. The van der Waals surface area contributed by atoms with Crippen molar-refractivity contribution in [2.75, 3.05) is 20.1 Å². The van der Waals surface area contributed by atoms with Gasteiger partial charge in [0.2, 0.25) is 0 Å². The van der Waals surface area contributed by atoms with Crippen LogP contribution >= 0.6 is 0 Å². The van der Waals surface area contributed by atoms with Gasteiger partial charge in [-0.05, 0) is 52.7 Å². The van der Waals surface area contributed by atoms with Crippen molar-refractivity contribution in [3.8, 4) is 0 Å². The van der Waals surface area contributed by atoms with E-state index in [0.29, 0.717) is 6.04 Å². The van der Waals surface area contributed by atoms with Crippen LogP contribution in [0.1, 0.15) is 46.0 Å². The average Bonchev–Trinajstić information content (AvgIpc) is 3.01. The molecule has 1 rings (SSSR count). The fraction of sp³-hybridized carbons (Fsp3) is 1.00. The Kier molecular flexibility index (Phi) is 5.49. The first kappa shape index (κ1) is 12.0. The van der Waals surface area contributed by atoms with Crippen molar-refractivity contribution in [2.24, 2.45) is 0 Å². The highest BCUT2D eigenvalue weighted by Gasteiger charge is 2.26. The molecule has 0 aliphatic heterocycles. The first-order chi connectivity index (χ1) is 6.77. The van der Waals surface area contributed by atoms with E-state index in [0.717, 1.165) is 6.04 Å². The maximum Gasteiger partial charge on any atom is 0.00963 e. The van der Waals surface area contributed by atoms with Crippen LogP contribution < -0.4 is 5.32 Å². The van der Waals surface area contributed by atoms with Crippen molar-refractivity contribution in [3.63, 3.8) is 0 Å². The number of hydrogen-bond acceptors (Lipinski definition) is 2. The van der Waals surface area contributed by atoms with Crippen molar-refractivity contribution >= 4 is 0 Å². The van der Waals surface area contributed by atoms with E-state index < -0.39 is 0 Å². The molecule has 2 nitrogen and oxygen atoms in total. The third-order valence-electron chi connectivity index (χ3n) is 3.29. The highest BCUT2D eigenvalue weighted by molar-refractivity contribution is 4.83. The molecule has 0 amide bonds. The van der Waals surface area contributed by atoms with Crippen molar-refractivity contribution in [1.82, 2.24) is 10.2 Å². The first-order valence-corrected chi connectivity index (χ1v) is 6.19. The SMILES string of the molecule is CCN(CCCCC(C)NC)C1CC1. The molecule has 84 valence electrons. The zero-order chi connectivity index (χ0) is 10.4. The van der Waals surface area contributed by atoms with Gasteiger partial charge < -0.3 is 10.2 Å². The quantitative estimate of drug-likeness (QED) is 0.602. The van der Waals surface area contributed by atoms with Gasteiger partial charge in [-0.2, -0.15) is 0 Å². The summed E-state index contributed by atoms with van der Waals surface area (Å²) in [6.07, 6.45) is 6.95. The second kappa shape index (κ2) is 6.41. The standard InChI is InChI=1S/C12H26N2/c1-4-14(12-8-9-12)10-6-5-7-11(2)13-3/h11-13H,4-10H2,1-3H3.